The molecular weight excluding hydrogens is 292 g/mol. The monoisotopic (exact) mass is 312 g/mol. The van der Waals surface area contributed by atoms with Crippen molar-refractivity contribution in [1.29, 1.82) is 0 Å². The van der Waals surface area contributed by atoms with Crippen molar-refractivity contribution in [3.8, 4) is 5.75 Å². The largest absolute Gasteiger partial charge is 0.427 e. The number of hydrogen-bond donors (Lipinski definition) is 0. The van der Waals surface area contributed by atoms with E-state index >= 15 is 0 Å². The van der Waals surface area contributed by atoms with Gasteiger partial charge < -0.3 is 9.47 Å². The molecule has 1 aliphatic carbocycles. The van der Waals surface area contributed by atoms with Crippen LogP contribution in [0.15, 0.2) is 41.5 Å². The van der Waals surface area contributed by atoms with E-state index in [1.165, 1.54) is 12.0 Å². The Morgan fingerprint density at radius 1 is 1.13 bits per heavy atom. The first kappa shape index (κ1) is 15.5. The van der Waals surface area contributed by atoms with Crippen molar-refractivity contribution in [3.05, 3.63) is 47.1 Å². The quantitative estimate of drug-likeness (QED) is 0.478. The van der Waals surface area contributed by atoms with Crippen LogP contribution in [0.3, 0.4) is 0 Å². The summed E-state index contributed by atoms with van der Waals surface area (Å²) < 4.78 is 10.6. The standard InChI is InChI=1S/C19H20O4/c1-2-18(20)22-15-10-8-14(9-11-15)17-12-16(19(21)23-17)13-6-4-3-5-7-13/h8-12H,2-7H2,1H3. The van der Waals surface area contributed by atoms with Crippen molar-refractivity contribution < 1.29 is 19.1 Å². The van der Waals surface area contributed by atoms with Gasteiger partial charge >= 0.3 is 11.9 Å². The SMILES string of the molecule is CCC(=O)Oc1ccc(C2=CC(=C3CCCCC3)C(=O)O2)cc1. The third-order valence-corrected chi connectivity index (χ3v) is 4.20. The lowest BCUT2D eigenvalue weighted by atomic mass is 9.91. The molecule has 0 N–H and O–H groups in total. The molecule has 0 saturated heterocycles. The second kappa shape index (κ2) is 6.82. The minimum Gasteiger partial charge on any atom is -0.427 e. The molecule has 0 unspecified atom stereocenters. The third-order valence-electron chi connectivity index (χ3n) is 4.20. The van der Waals surface area contributed by atoms with E-state index in [-0.39, 0.29) is 11.9 Å². The average Bonchev–Trinajstić information content (AvgIpc) is 2.98. The number of ether oxygens (including phenoxy) is 2. The van der Waals surface area contributed by atoms with Crippen LogP contribution in [0.25, 0.3) is 5.76 Å². The maximum absolute atomic E-state index is 12.1. The molecule has 0 aromatic heterocycles. The van der Waals surface area contributed by atoms with Crippen LogP contribution in [0, 0.1) is 0 Å². The predicted octanol–water partition coefficient (Wildman–Crippen LogP) is 4.16. The fraction of sp³-hybridized carbons (Fsp3) is 0.368. The summed E-state index contributed by atoms with van der Waals surface area (Å²) in [4.78, 5) is 23.4. The highest BCUT2D eigenvalue weighted by molar-refractivity contribution is 6.02. The summed E-state index contributed by atoms with van der Waals surface area (Å²) in [6.45, 7) is 1.75. The Morgan fingerprint density at radius 2 is 1.83 bits per heavy atom. The molecule has 1 heterocycles. The Morgan fingerprint density at radius 3 is 2.48 bits per heavy atom. The number of hydrogen-bond acceptors (Lipinski definition) is 4. The fourth-order valence-corrected chi connectivity index (χ4v) is 2.90. The fourth-order valence-electron chi connectivity index (χ4n) is 2.90. The Balaban J connectivity index is 1.79. The molecule has 2 aliphatic rings. The Labute approximate surface area is 135 Å². The van der Waals surface area contributed by atoms with E-state index in [9.17, 15) is 9.59 Å². The average molecular weight is 312 g/mol. The van der Waals surface area contributed by atoms with Gasteiger partial charge in [-0.25, -0.2) is 4.79 Å². The molecule has 1 aromatic rings. The number of carbonyl (C=O) groups is 2. The number of benzene rings is 1. The van der Waals surface area contributed by atoms with E-state index in [1.807, 2.05) is 6.08 Å². The Kier molecular flexibility index (Phi) is 4.60. The van der Waals surface area contributed by atoms with Crippen LogP contribution < -0.4 is 4.74 Å². The van der Waals surface area contributed by atoms with Crippen molar-refractivity contribution in [2.24, 2.45) is 0 Å². The van der Waals surface area contributed by atoms with Crippen molar-refractivity contribution in [2.75, 3.05) is 0 Å². The van der Waals surface area contributed by atoms with E-state index in [2.05, 4.69) is 0 Å². The molecular formula is C19H20O4. The van der Waals surface area contributed by atoms with E-state index in [0.717, 1.165) is 36.8 Å². The molecule has 0 amide bonds. The summed E-state index contributed by atoms with van der Waals surface area (Å²) in [5, 5.41) is 0. The molecule has 4 heteroatoms. The molecule has 0 spiro atoms. The molecule has 1 aromatic carbocycles. The molecule has 1 saturated carbocycles. The van der Waals surface area contributed by atoms with Gasteiger partial charge in [0, 0.05) is 12.0 Å². The van der Waals surface area contributed by atoms with Gasteiger partial charge in [-0.1, -0.05) is 18.9 Å². The third kappa shape index (κ3) is 3.52. The van der Waals surface area contributed by atoms with E-state index in [1.54, 1.807) is 31.2 Å². The van der Waals surface area contributed by atoms with Crippen molar-refractivity contribution in [2.45, 2.75) is 45.4 Å². The van der Waals surface area contributed by atoms with Crippen LogP contribution >= 0.6 is 0 Å². The van der Waals surface area contributed by atoms with Crippen LogP contribution in [0.5, 0.6) is 5.75 Å². The zero-order chi connectivity index (χ0) is 16.2. The summed E-state index contributed by atoms with van der Waals surface area (Å²) in [6.07, 6.45) is 7.68. The first-order valence-electron chi connectivity index (χ1n) is 8.14. The normalized spacial score (nSPS) is 17.8. The first-order chi connectivity index (χ1) is 11.2. The van der Waals surface area contributed by atoms with Gasteiger partial charge in [0.05, 0.1) is 5.57 Å². The lowest BCUT2D eigenvalue weighted by Crippen LogP contribution is -2.05. The lowest BCUT2D eigenvalue weighted by Gasteiger charge is -2.14. The van der Waals surface area contributed by atoms with Crippen molar-refractivity contribution in [3.63, 3.8) is 0 Å². The molecule has 1 fully saturated rings. The number of carbonyl (C=O) groups excluding carboxylic acids is 2. The van der Waals surface area contributed by atoms with Gasteiger partial charge in [0.1, 0.15) is 11.5 Å². The van der Waals surface area contributed by atoms with Crippen LogP contribution in [0.4, 0.5) is 0 Å². The predicted molar refractivity (Wildman–Crippen MR) is 86.5 cm³/mol. The highest BCUT2D eigenvalue weighted by Crippen LogP contribution is 2.33. The second-order valence-corrected chi connectivity index (χ2v) is 5.83. The zero-order valence-corrected chi connectivity index (χ0v) is 13.3. The van der Waals surface area contributed by atoms with Gasteiger partial charge in [-0.3, -0.25) is 4.79 Å². The minimum atomic E-state index is -0.270. The van der Waals surface area contributed by atoms with E-state index in [0.29, 0.717) is 17.9 Å². The van der Waals surface area contributed by atoms with Crippen LogP contribution in [-0.2, 0) is 14.3 Å². The van der Waals surface area contributed by atoms with Gasteiger partial charge in [0.15, 0.2) is 0 Å². The maximum Gasteiger partial charge on any atom is 0.343 e. The van der Waals surface area contributed by atoms with Gasteiger partial charge in [-0.15, -0.1) is 0 Å². The lowest BCUT2D eigenvalue weighted by molar-refractivity contribution is -0.134. The summed E-state index contributed by atoms with van der Waals surface area (Å²) in [6, 6.07) is 7.02. The minimum absolute atomic E-state index is 0.251. The number of esters is 2. The summed E-state index contributed by atoms with van der Waals surface area (Å²) >= 11 is 0. The second-order valence-electron chi connectivity index (χ2n) is 5.83. The van der Waals surface area contributed by atoms with Gasteiger partial charge in [-0.05, 0) is 56.0 Å². The van der Waals surface area contributed by atoms with Crippen molar-refractivity contribution >= 4 is 17.7 Å². The van der Waals surface area contributed by atoms with E-state index < -0.39 is 0 Å². The highest BCUT2D eigenvalue weighted by Gasteiger charge is 2.25. The summed E-state index contributed by atoms with van der Waals surface area (Å²) in [5.74, 6) is 0.541. The summed E-state index contributed by atoms with van der Waals surface area (Å²) in [5.41, 5.74) is 2.74. The molecule has 120 valence electrons. The molecule has 1 aliphatic heterocycles. The molecule has 3 rings (SSSR count). The molecule has 0 atom stereocenters. The number of cyclic esters (lactones) is 1. The topological polar surface area (TPSA) is 52.6 Å². The van der Waals surface area contributed by atoms with Crippen LogP contribution in [-0.4, -0.2) is 11.9 Å². The Bertz CT molecular complexity index is 672. The molecule has 23 heavy (non-hydrogen) atoms. The van der Waals surface area contributed by atoms with Gasteiger partial charge in [-0.2, -0.15) is 0 Å². The van der Waals surface area contributed by atoms with Crippen molar-refractivity contribution in [1.82, 2.24) is 0 Å². The molecule has 0 radical (unpaired) electrons. The smallest absolute Gasteiger partial charge is 0.343 e. The van der Waals surface area contributed by atoms with Gasteiger partial charge in [0.2, 0.25) is 0 Å². The summed E-state index contributed by atoms with van der Waals surface area (Å²) in [7, 11) is 0. The zero-order valence-electron chi connectivity index (χ0n) is 13.3. The number of rotatable bonds is 3. The molecule has 0 bridgehead atoms. The van der Waals surface area contributed by atoms with E-state index in [4.69, 9.17) is 9.47 Å². The first-order valence-corrected chi connectivity index (χ1v) is 8.14. The van der Waals surface area contributed by atoms with Gasteiger partial charge in [0.25, 0.3) is 0 Å². The number of allylic oxidation sites excluding steroid dienone is 1. The van der Waals surface area contributed by atoms with Crippen LogP contribution in [0.1, 0.15) is 51.0 Å². The maximum atomic E-state index is 12.1. The Hall–Kier alpha value is -2.36. The highest BCUT2D eigenvalue weighted by atomic mass is 16.5. The molecule has 4 nitrogen and oxygen atoms in total. The van der Waals surface area contributed by atoms with Crippen LogP contribution in [0.2, 0.25) is 0 Å².